The SMILES string of the molecule is CC(C)=C(O)CC/C(C)=C(\O)C(O)(O)c1ccccc1C=CC(=O)c1ccccc1. The maximum atomic E-state index is 12.3. The van der Waals surface area contributed by atoms with Crippen molar-refractivity contribution in [2.45, 2.75) is 39.4 Å². The number of aliphatic hydroxyl groups excluding tert-OH is 2. The van der Waals surface area contributed by atoms with Crippen molar-refractivity contribution in [2.24, 2.45) is 0 Å². The van der Waals surface area contributed by atoms with E-state index in [1.807, 2.05) is 6.07 Å². The van der Waals surface area contributed by atoms with Crippen LogP contribution in [0.4, 0.5) is 0 Å². The normalized spacial score (nSPS) is 12.6. The monoisotopic (exact) mass is 408 g/mol. The summed E-state index contributed by atoms with van der Waals surface area (Å²) in [6.45, 7) is 5.12. The molecule has 0 aliphatic heterocycles. The molecule has 30 heavy (non-hydrogen) atoms. The van der Waals surface area contributed by atoms with E-state index in [-0.39, 0.29) is 29.9 Å². The molecule has 0 fully saturated rings. The summed E-state index contributed by atoms with van der Waals surface area (Å²) < 4.78 is 0. The molecule has 2 rings (SSSR count). The lowest BCUT2D eigenvalue weighted by atomic mass is 9.94. The molecule has 0 atom stereocenters. The van der Waals surface area contributed by atoms with Crippen molar-refractivity contribution in [1.82, 2.24) is 0 Å². The Balaban J connectivity index is 2.32. The van der Waals surface area contributed by atoms with Crippen molar-refractivity contribution in [2.75, 3.05) is 0 Å². The molecular formula is C25H28O5. The predicted molar refractivity (Wildman–Crippen MR) is 118 cm³/mol. The van der Waals surface area contributed by atoms with Crippen molar-refractivity contribution in [3.63, 3.8) is 0 Å². The summed E-state index contributed by atoms with van der Waals surface area (Å²) in [6.07, 6.45) is 3.38. The highest BCUT2D eigenvalue weighted by Gasteiger charge is 2.34. The fraction of sp³-hybridized carbons (Fsp3) is 0.240. The van der Waals surface area contributed by atoms with Gasteiger partial charge in [-0.1, -0.05) is 60.7 Å². The van der Waals surface area contributed by atoms with E-state index >= 15 is 0 Å². The van der Waals surface area contributed by atoms with E-state index in [0.29, 0.717) is 16.7 Å². The number of aliphatic hydroxyl groups is 4. The fourth-order valence-electron chi connectivity index (χ4n) is 2.92. The first-order valence-electron chi connectivity index (χ1n) is 9.70. The number of benzene rings is 2. The van der Waals surface area contributed by atoms with Gasteiger partial charge in [0, 0.05) is 17.5 Å². The summed E-state index contributed by atoms with van der Waals surface area (Å²) in [6, 6.07) is 15.2. The zero-order chi connectivity index (χ0) is 22.3. The van der Waals surface area contributed by atoms with Crippen LogP contribution >= 0.6 is 0 Å². The lowest BCUT2D eigenvalue weighted by molar-refractivity contribution is -0.161. The van der Waals surface area contributed by atoms with Crippen molar-refractivity contribution in [3.05, 3.63) is 100 Å². The first kappa shape index (κ1) is 23.1. The maximum absolute atomic E-state index is 12.3. The predicted octanol–water partition coefficient (Wildman–Crippen LogP) is 5.18. The Labute approximate surface area is 177 Å². The van der Waals surface area contributed by atoms with Gasteiger partial charge in [-0.15, -0.1) is 0 Å². The fourth-order valence-corrected chi connectivity index (χ4v) is 2.92. The zero-order valence-corrected chi connectivity index (χ0v) is 17.5. The molecular weight excluding hydrogens is 380 g/mol. The summed E-state index contributed by atoms with van der Waals surface area (Å²) in [5, 5.41) is 41.8. The number of hydrogen-bond donors (Lipinski definition) is 4. The number of hydrogen-bond acceptors (Lipinski definition) is 5. The van der Waals surface area contributed by atoms with Gasteiger partial charge < -0.3 is 20.4 Å². The molecule has 0 aliphatic carbocycles. The minimum Gasteiger partial charge on any atom is -0.512 e. The number of carbonyl (C=O) groups excluding carboxylic acids is 1. The van der Waals surface area contributed by atoms with Gasteiger partial charge in [-0.3, -0.25) is 4.79 Å². The molecule has 0 saturated carbocycles. The summed E-state index contributed by atoms with van der Waals surface area (Å²) in [4.78, 5) is 12.3. The molecule has 158 valence electrons. The van der Waals surface area contributed by atoms with Crippen molar-refractivity contribution in [1.29, 1.82) is 0 Å². The van der Waals surface area contributed by atoms with E-state index in [9.17, 15) is 25.2 Å². The van der Waals surface area contributed by atoms with E-state index in [2.05, 4.69) is 0 Å². The molecule has 0 spiro atoms. The van der Waals surface area contributed by atoms with Crippen LogP contribution < -0.4 is 0 Å². The second kappa shape index (κ2) is 10.1. The second-order valence-electron chi connectivity index (χ2n) is 7.40. The van der Waals surface area contributed by atoms with Crippen LogP contribution in [0.5, 0.6) is 0 Å². The molecule has 0 heterocycles. The second-order valence-corrected chi connectivity index (χ2v) is 7.40. The average Bonchev–Trinajstić information content (AvgIpc) is 2.75. The molecule has 0 radical (unpaired) electrons. The number of carbonyl (C=O) groups is 1. The average molecular weight is 408 g/mol. The molecule has 0 bridgehead atoms. The summed E-state index contributed by atoms with van der Waals surface area (Å²) >= 11 is 0. The number of rotatable bonds is 8. The Morgan fingerprint density at radius 3 is 2.13 bits per heavy atom. The third-order valence-electron chi connectivity index (χ3n) is 4.86. The van der Waals surface area contributed by atoms with Crippen molar-refractivity contribution in [3.8, 4) is 0 Å². The van der Waals surface area contributed by atoms with Crippen LogP contribution in [-0.4, -0.2) is 26.2 Å². The first-order valence-corrected chi connectivity index (χ1v) is 9.70. The highest BCUT2D eigenvalue weighted by atomic mass is 16.5. The molecule has 4 N–H and O–H groups in total. The Kier molecular flexibility index (Phi) is 7.75. The zero-order valence-electron chi connectivity index (χ0n) is 17.5. The largest absolute Gasteiger partial charge is 0.512 e. The Morgan fingerprint density at radius 1 is 0.900 bits per heavy atom. The number of allylic oxidation sites excluding steroid dienone is 4. The van der Waals surface area contributed by atoms with E-state index < -0.39 is 11.5 Å². The van der Waals surface area contributed by atoms with Crippen LogP contribution in [0.2, 0.25) is 0 Å². The van der Waals surface area contributed by atoms with Crippen LogP contribution in [0.1, 0.15) is 55.1 Å². The van der Waals surface area contributed by atoms with E-state index in [1.54, 1.807) is 63.2 Å². The quantitative estimate of drug-likeness (QED) is 0.209. The van der Waals surface area contributed by atoms with Gasteiger partial charge >= 0.3 is 0 Å². The Morgan fingerprint density at radius 2 is 1.50 bits per heavy atom. The van der Waals surface area contributed by atoms with Crippen molar-refractivity contribution < 1.29 is 25.2 Å². The van der Waals surface area contributed by atoms with E-state index in [1.165, 1.54) is 18.2 Å². The van der Waals surface area contributed by atoms with Gasteiger partial charge in [0.25, 0.3) is 5.79 Å². The van der Waals surface area contributed by atoms with Crippen LogP contribution in [0.3, 0.4) is 0 Å². The summed E-state index contributed by atoms with van der Waals surface area (Å²) in [7, 11) is 0. The molecule has 0 aliphatic rings. The van der Waals surface area contributed by atoms with E-state index in [0.717, 1.165) is 5.57 Å². The molecule has 2 aromatic carbocycles. The summed E-state index contributed by atoms with van der Waals surface area (Å²) in [5.41, 5.74) is 2.05. The molecule has 0 amide bonds. The smallest absolute Gasteiger partial charge is 0.250 e. The highest BCUT2D eigenvalue weighted by molar-refractivity contribution is 6.06. The van der Waals surface area contributed by atoms with Crippen LogP contribution in [0.25, 0.3) is 6.08 Å². The number of ketones is 1. The minimum absolute atomic E-state index is 0.0467. The molecule has 0 unspecified atom stereocenters. The lowest BCUT2D eigenvalue weighted by Gasteiger charge is -2.25. The van der Waals surface area contributed by atoms with Gasteiger partial charge in [0.05, 0.1) is 5.76 Å². The molecule has 5 heteroatoms. The van der Waals surface area contributed by atoms with Crippen LogP contribution in [-0.2, 0) is 5.79 Å². The summed E-state index contributed by atoms with van der Waals surface area (Å²) in [5.74, 6) is -3.26. The Bertz CT molecular complexity index is 978. The molecule has 0 saturated heterocycles. The van der Waals surface area contributed by atoms with Gasteiger partial charge in [-0.25, -0.2) is 0 Å². The van der Waals surface area contributed by atoms with Crippen LogP contribution in [0, 0.1) is 0 Å². The van der Waals surface area contributed by atoms with Gasteiger partial charge in [0.15, 0.2) is 11.5 Å². The topological polar surface area (TPSA) is 98.0 Å². The van der Waals surface area contributed by atoms with Gasteiger partial charge in [0.2, 0.25) is 0 Å². The maximum Gasteiger partial charge on any atom is 0.250 e. The first-order chi connectivity index (χ1) is 14.1. The van der Waals surface area contributed by atoms with E-state index in [4.69, 9.17) is 0 Å². The highest BCUT2D eigenvalue weighted by Crippen LogP contribution is 2.32. The molecule has 2 aromatic rings. The third kappa shape index (κ3) is 5.69. The molecule has 0 aromatic heterocycles. The minimum atomic E-state index is -2.64. The van der Waals surface area contributed by atoms with Gasteiger partial charge in [-0.05, 0) is 50.0 Å². The Hall–Kier alpha value is -3.15. The van der Waals surface area contributed by atoms with Gasteiger partial charge in [-0.2, -0.15) is 0 Å². The lowest BCUT2D eigenvalue weighted by Crippen LogP contribution is -2.29. The van der Waals surface area contributed by atoms with Crippen molar-refractivity contribution >= 4 is 11.9 Å². The van der Waals surface area contributed by atoms with Crippen LogP contribution in [0.15, 0.2) is 83.3 Å². The standard InChI is InChI=1S/C25H28O5/c1-17(2)22(26)15-13-18(3)24(28)25(29,30)21-12-8-7-9-19(21)14-16-23(27)20-10-5-4-6-11-20/h4-12,14,16,26,28-30H,13,15H2,1-3H3/b16-14?,24-18-. The van der Waals surface area contributed by atoms with Gasteiger partial charge in [0.1, 0.15) is 0 Å². The molecule has 5 nitrogen and oxygen atoms in total. The third-order valence-corrected chi connectivity index (χ3v) is 4.86.